The van der Waals surface area contributed by atoms with Crippen molar-refractivity contribution in [3.05, 3.63) is 69.9 Å². The van der Waals surface area contributed by atoms with Crippen LogP contribution < -0.4 is 10.7 Å². The van der Waals surface area contributed by atoms with E-state index in [1.807, 2.05) is 30.3 Å². The quantitative estimate of drug-likeness (QED) is 0.649. The van der Waals surface area contributed by atoms with Crippen LogP contribution in [0.15, 0.2) is 57.7 Å². The minimum absolute atomic E-state index is 0.121. The fraction of sp³-hybridized carbons (Fsp3) is 0.292. The Kier molecular flexibility index (Phi) is 5.65. The average Bonchev–Trinajstić information content (AvgIpc) is 3.27. The van der Waals surface area contributed by atoms with Crippen LogP contribution in [0.1, 0.15) is 41.6 Å². The number of carbonyl (C=O) groups is 2. The van der Waals surface area contributed by atoms with E-state index >= 15 is 0 Å². The first-order chi connectivity index (χ1) is 14.5. The summed E-state index contributed by atoms with van der Waals surface area (Å²) < 4.78 is 11.2. The molecule has 1 aliphatic carbocycles. The largest absolute Gasteiger partial charge is 0.455 e. The van der Waals surface area contributed by atoms with Gasteiger partial charge in [-0.3, -0.25) is 9.59 Å². The lowest BCUT2D eigenvalue weighted by Crippen LogP contribution is -2.35. The smallest absolute Gasteiger partial charge is 0.342 e. The van der Waals surface area contributed by atoms with Crippen molar-refractivity contribution in [3.8, 4) is 11.3 Å². The van der Waals surface area contributed by atoms with Crippen molar-refractivity contribution in [1.29, 1.82) is 0 Å². The maximum absolute atomic E-state index is 12.9. The predicted octanol–water partition coefficient (Wildman–Crippen LogP) is 3.98. The average molecular weight is 405 g/mol. The molecule has 0 saturated heterocycles. The molecule has 3 aromatic rings. The number of para-hydroxylation sites is 1. The summed E-state index contributed by atoms with van der Waals surface area (Å²) in [4.78, 5) is 37.6. The van der Waals surface area contributed by atoms with Gasteiger partial charge in [0, 0.05) is 17.2 Å². The zero-order chi connectivity index (χ0) is 21.1. The molecule has 0 atom stereocenters. The van der Waals surface area contributed by atoms with Crippen LogP contribution >= 0.6 is 0 Å². The lowest BCUT2D eigenvalue weighted by atomic mass is 10.0. The van der Waals surface area contributed by atoms with E-state index in [1.54, 1.807) is 19.1 Å². The second kappa shape index (κ2) is 8.53. The minimum atomic E-state index is -0.701. The van der Waals surface area contributed by atoms with Gasteiger partial charge in [-0.1, -0.05) is 49.2 Å². The first-order valence-electron chi connectivity index (χ1n) is 10.1. The highest BCUT2D eigenvalue weighted by atomic mass is 16.5. The number of fused-ring (bicyclic) bond motifs is 1. The summed E-state index contributed by atoms with van der Waals surface area (Å²) in [5, 5.41) is 3.18. The van der Waals surface area contributed by atoms with Crippen molar-refractivity contribution in [3.63, 3.8) is 0 Å². The molecule has 0 aliphatic heterocycles. The Hall–Kier alpha value is -3.41. The fourth-order valence-corrected chi connectivity index (χ4v) is 3.88. The molecule has 1 saturated carbocycles. The molecule has 6 heteroatoms. The van der Waals surface area contributed by atoms with Gasteiger partial charge in [0.15, 0.2) is 17.6 Å². The monoisotopic (exact) mass is 405 g/mol. The van der Waals surface area contributed by atoms with E-state index in [9.17, 15) is 14.4 Å². The Balaban J connectivity index is 1.62. The molecule has 30 heavy (non-hydrogen) atoms. The molecule has 1 fully saturated rings. The highest BCUT2D eigenvalue weighted by Gasteiger charge is 2.21. The van der Waals surface area contributed by atoms with Gasteiger partial charge in [-0.05, 0) is 31.9 Å². The van der Waals surface area contributed by atoms with Crippen LogP contribution in [0, 0.1) is 6.92 Å². The van der Waals surface area contributed by atoms with Crippen molar-refractivity contribution in [2.45, 2.75) is 38.6 Å². The first-order valence-corrected chi connectivity index (χ1v) is 10.1. The number of nitrogens with one attached hydrogen (secondary N) is 1. The third kappa shape index (κ3) is 3.99. The normalized spacial score (nSPS) is 14.0. The molecule has 1 heterocycles. The van der Waals surface area contributed by atoms with Gasteiger partial charge in [0.05, 0.1) is 5.39 Å². The first kappa shape index (κ1) is 19.9. The van der Waals surface area contributed by atoms with Gasteiger partial charge in [-0.15, -0.1) is 0 Å². The highest BCUT2D eigenvalue weighted by molar-refractivity contribution is 6.02. The van der Waals surface area contributed by atoms with E-state index in [-0.39, 0.29) is 35.1 Å². The zero-order valence-electron chi connectivity index (χ0n) is 16.8. The van der Waals surface area contributed by atoms with Gasteiger partial charge in [0.25, 0.3) is 5.91 Å². The Labute approximate surface area is 173 Å². The van der Waals surface area contributed by atoms with E-state index in [2.05, 4.69) is 5.32 Å². The van der Waals surface area contributed by atoms with Crippen LogP contribution in [0.5, 0.6) is 0 Å². The van der Waals surface area contributed by atoms with E-state index in [1.165, 1.54) is 6.07 Å². The predicted molar refractivity (Wildman–Crippen MR) is 113 cm³/mol. The van der Waals surface area contributed by atoms with Gasteiger partial charge < -0.3 is 14.5 Å². The van der Waals surface area contributed by atoms with Crippen molar-refractivity contribution in [2.24, 2.45) is 0 Å². The van der Waals surface area contributed by atoms with Crippen LogP contribution in [0.25, 0.3) is 22.3 Å². The molecular formula is C24H23NO5. The summed E-state index contributed by atoms with van der Waals surface area (Å²) in [5.41, 5.74) is 1.29. The number of carbonyl (C=O) groups excluding carboxylic acids is 2. The second-order valence-corrected chi connectivity index (χ2v) is 7.56. The van der Waals surface area contributed by atoms with E-state index in [4.69, 9.17) is 9.15 Å². The summed E-state index contributed by atoms with van der Waals surface area (Å²) >= 11 is 0. The summed E-state index contributed by atoms with van der Waals surface area (Å²) in [6.45, 7) is 1.33. The van der Waals surface area contributed by atoms with Crippen LogP contribution in [0.4, 0.5) is 0 Å². The second-order valence-electron chi connectivity index (χ2n) is 7.56. The Morgan fingerprint density at radius 2 is 1.80 bits per heavy atom. The van der Waals surface area contributed by atoms with Crippen LogP contribution in [0.2, 0.25) is 0 Å². The Morgan fingerprint density at radius 3 is 2.53 bits per heavy atom. The van der Waals surface area contributed by atoms with E-state index in [0.29, 0.717) is 16.7 Å². The summed E-state index contributed by atoms with van der Waals surface area (Å²) in [6, 6.07) is 14.2. The van der Waals surface area contributed by atoms with Crippen LogP contribution in [-0.4, -0.2) is 24.5 Å². The van der Waals surface area contributed by atoms with Crippen molar-refractivity contribution in [1.82, 2.24) is 5.32 Å². The topological polar surface area (TPSA) is 85.6 Å². The standard InChI is InChI=1S/C24H23NO5/c1-15-21(27)18-12-7-13-19(23(18)30-22(15)16-8-3-2-4-9-16)24(28)29-14-20(26)25-17-10-5-6-11-17/h2-4,7-9,12-13,17H,5-6,10-11,14H2,1H3,(H,25,26). The third-order valence-electron chi connectivity index (χ3n) is 5.46. The number of hydrogen-bond acceptors (Lipinski definition) is 5. The van der Waals surface area contributed by atoms with Crippen LogP contribution in [0.3, 0.4) is 0 Å². The van der Waals surface area contributed by atoms with Gasteiger partial charge in [-0.25, -0.2) is 4.79 Å². The molecule has 0 unspecified atom stereocenters. The van der Waals surface area contributed by atoms with Gasteiger partial charge in [0.1, 0.15) is 11.3 Å². The molecule has 0 bridgehead atoms. The summed E-state index contributed by atoms with van der Waals surface area (Å²) in [7, 11) is 0. The lowest BCUT2D eigenvalue weighted by molar-refractivity contribution is -0.124. The Bertz CT molecular complexity index is 1140. The third-order valence-corrected chi connectivity index (χ3v) is 5.46. The SMILES string of the molecule is Cc1c(-c2ccccc2)oc2c(C(=O)OCC(=O)NC3CCCC3)cccc2c1=O. The fourth-order valence-electron chi connectivity index (χ4n) is 3.88. The minimum Gasteiger partial charge on any atom is -0.455 e. The number of esters is 1. The molecule has 2 aromatic carbocycles. The van der Waals surface area contributed by atoms with Crippen molar-refractivity contribution >= 4 is 22.8 Å². The Morgan fingerprint density at radius 1 is 1.07 bits per heavy atom. The van der Waals surface area contributed by atoms with E-state index < -0.39 is 5.97 Å². The molecule has 0 spiro atoms. The molecular weight excluding hydrogens is 382 g/mol. The number of hydrogen-bond donors (Lipinski definition) is 1. The molecule has 1 aliphatic rings. The van der Waals surface area contributed by atoms with E-state index in [0.717, 1.165) is 31.2 Å². The van der Waals surface area contributed by atoms with Gasteiger partial charge in [0.2, 0.25) is 0 Å². The van der Waals surface area contributed by atoms with Crippen LogP contribution in [-0.2, 0) is 9.53 Å². The number of ether oxygens (including phenoxy) is 1. The molecule has 1 N–H and O–H groups in total. The number of amides is 1. The van der Waals surface area contributed by atoms with Gasteiger partial charge >= 0.3 is 5.97 Å². The molecule has 154 valence electrons. The molecule has 1 amide bonds. The number of benzene rings is 2. The van der Waals surface area contributed by atoms with Crippen molar-refractivity contribution < 1.29 is 18.7 Å². The maximum atomic E-state index is 12.9. The van der Waals surface area contributed by atoms with Crippen molar-refractivity contribution in [2.75, 3.05) is 6.61 Å². The molecule has 0 radical (unpaired) electrons. The zero-order valence-corrected chi connectivity index (χ0v) is 16.8. The lowest BCUT2D eigenvalue weighted by Gasteiger charge is -2.13. The maximum Gasteiger partial charge on any atom is 0.342 e. The molecule has 6 nitrogen and oxygen atoms in total. The summed E-state index contributed by atoms with van der Waals surface area (Å²) in [6.07, 6.45) is 4.11. The molecule has 1 aromatic heterocycles. The number of rotatable bonds is 5. The van der Waals surface area contributed by atoms with Gasteiger partial charge in [-0.2, -0.15) is 0 Å². The summed E-state index contributed by atoms with van der Waals surface area (Å²) in [5.74, 6) is -0.613. The molecule has 4 rings (SSSR count). The highest BCUT2D eigenvalue weighted by Crippen LogP contribution is 2.27.